The van der Waals surface area contributed by atoms with Gasteiger partial charge in [-0.15, -0.1) is 0 Å². The summed E-state index contributed by atoms with van der Waals surface area (Å²) in [6.45, 7) is 9.57. The molecule has 0 saturated carbocycles. The van der Waals surface area contributed by atoms with Gasteiger partial charge in [0.1, 0.15) is 0 Å². The molecule has 4 heteroatoms. The van der Waals surface area contributed by atoms with Crippen LogP contribution in [0.5, 0.6) is 0 Å². The average molecular weight is 269 g/mol. The van der Waals surface area contributed by atoms with Crippen LogP contribution in [-0.2, 0) is 4.79 Å². The van der Waals surface area contributed by atoms with Gasteiger partial charge >= 0.3 is 0 Å². The fraction of sp³-hybridized carbons (Fsp3) is 0.933. The highest BCUT2D eigenvalue weighted by atomic mass is 16.1. The van der Waals surface area contributed by atoms with Crippen molar-refractivity contribution < 1.29 is 4.79 Å². The minimum absolute atomic E-state index is 0.168. The summed E-state index contributed by atoms with van der Waals surface area (Å²) in [5, 5.41) is 3.16. The van der Waals surface area contributed by atoms with Crippen LogP contribution in [0.15, 0.2) is 0 Å². The third-order valence-corrected chi connectivity index (χ3v) is 4.21. The Morgan fingerprint density at radius 1 is 1.32 bits per heavy atom. The van der Waals surface area contributed by atoms with Crippen LogP contribution in [-0.4, -0.2) is 61.5 Å². The Bertz CT molecular complexity index is 271. The third kappa shape index (κ3) is 5.49. The van der Waals surface area contributed by atoms with Crippen molar-refractivity contribution in [2.75, 3.05) is 33.7 Å². The number of carbonyl (C=O) groups excluding carboxylic acids is 1. The molecular weight excluding hydrogens is 238 g/mol. The Kier molecular flexibility index (Phi) is 6.80. The molecule has 1 amide bonds. The Labute approximate surface area is 118 Å². The second-order valence-corrected chi connectivity index (χ2v) is 6.27. The molecule has 0 aromatic carbocycles. The van der Waals surface area contributed by atoms with Gasteiger partial charge in [0.05, 0.1) is 0 Å². The normalized spacial score (nSPS) is 19.9. The smallest absolute Gasteiger partial charge is 0.219 e. The van der Waals surface area contributed by atoms with Gasteiger partial charge in [-0.1, -0.05) is 20.8 Å². The standard InChI is InChI=1S/C15H31N3O/c1-6-15(19)16-14(12(2)3)11-18-9-7-13(8-10-18)17(4)5/h12-14H,6-11H2,1-5H3,(H,16,19)/t14-/m1/s1. The zero-order chi connectivity index (χ0) is 14.4. The lowest BCUT2D eigenvalue weighted by Crippen LogP contribution is -2.50. The number of rotatable bonds is 6. The predicted octanol–water partition coefficient (Wildman–Crippen LogP) is 1.56. The average Bonchev–Trinajstić information content (AvgIpc) is 2.38. The molecule has 0 unspecified atom stereocenters. The van der Waals surface area contributed by atoms with E-state index in [4.69, 9.17) is 0 Å². The van der Waals surface area contributed by atoms with Crippen molar-refractivity contribution >= 4 is 5.91 Å². The number of carbonyl (C=O) groups is 1. The zero-order valence-corrected chi connectivity index (χ0v) is 13.3. The molecule has 0 aliphatic carbocycles. The first-order valence-corrected chi connectivity index (χ1v) is 7.62. The van der Waals surface area contributed by atoms with Gasteiger partial charge in [0.2, 0.25) is 5.91 Å². The van der Waals surface area contributed by atoms with E-state index in [0.717, 1.165) is 25.7 Å². The maximum atomic E-state index is 11.6. The van der Waals surface area contributed by atoms with Gasteiger partial charge in [0.25, 0.3) is 0 Å². The van der Waals surface area contributed by atoms with E-state index in [1.807, 2.05) is 6.92 Å². The summed E-state index contributed by atoms with van der Waals surface area (Å²) in [4.78, 5) is 16.4. The molecule has 19 heavy (non-hydrogen) atoms. The molecule has 1 heterocycles. The Balaban J connectivity index is 2.41. The van der Waals surface area contributed by atoms with Crippen molar-refractivity contribution in [2.45, 2.75) is 52.1 Å². The number of nitrogens with zero attached hydrogens (tertiary/aromatic N) is 2. The molecule has 4 nitrogen and oxygen atoms in total. The molecule has 0 aromatic rings. The fourth-order valence-electron chi connectivity index (χ4n) is 2.63. The highest BCUT2D eigenvalue weighted by Crippen LogP contribution is 2.15. The molecule has 0 bridgehead atoms. The lowest BCUT2D eigenvalue weighted by atomic mass is 10.00. The molecule has 0 radical (unpaired) electrons. The molecule has 1 aliphatic heterocycles. The van der Waals surface area contributed by atoms with Crippen LogP contribution in [0.1, 0.15) is 40.0 Å². The number of hydrogen-bond donors (Lipinski definition) is 1. The van der Waals surface area contributed by atoms with Gasteiger partial charge in [-0.25, -0.2) is 0 Å². The van der Waals surface area contributed by atoms with Gasteiger partial charge in [-0.05, 0) is 45.9 Å². The molecule has 0 aromatic heterocycles. The summed E-state index contributed by atoms with van der Waals surface area (Å²) in [6.07, 6.45) is 3.05. The minimum atomic E-state index is 0.168. The quantitative estimate of drug-likeness (QED) is 0.795. The number of amides is 1. The van der Waals surface area contributed by atoms with Gasteiger partial charge < -0.3 is 15.1 Å². The predicted molar refractivity (Wildman–Crippen MR) is 80.2 cm³/mol. The van der Waals surface area contributed by atoms with Crippen LogP contribution in [0.2, 0.25) is 0 Å². The Morgan fingerprint density at radius 3 is 2.32 bits per heavy atom. The lowest BCUT2D eigenvalue weighted by molar-refractivity contribution is -0.122. The van der Waals surface area contributed by atoms with Gasteiger partial charge in [-0.2, -0.15) is 0 Å². The summed E-state index contributed by atoms with van der Waals surface area (Å²) in [7, 11) is 4.33. The Morgan fingerprint density at radius 2 is 1.89 bits per heavy atom. The molecule has 1 fully saturated rings. The molecular formula is C15H31N3O. The first-order valence-electron chi connectivity index (χ1n) is 7.62. The molecule has 1 aliphatic rings. The van der Waals surface area contributed by atoms with Crippen molar-refractivity contribution in [3.8, 4) is 0 Å². The van der Waals surface area contributed by atoms with Gasteiger partial charge in [-0.3, -0.25) is 4.79 Å². The first-order chi connectivity index (χ1) is 8.93. The van der Waals surface area contributed by atoms with E-state index < -0.39 is 0 Å². The fourth-order valence-corrected chi connectivity index (χ4v) is 2.63. The summed E-state index contributed by atoms with van der Waals surface area (Å²) in [6, 6.07) is 1.00. The van der Waals surface area contributed by atoms with E-state index in [1.54, 1.807) is 0 Å². The SMILES string of the molecule is CCC(=O)N[C@H](CN1CCC(N(C)C)CC1)C(C)C. The van der Waals surface area contributed by atoms with Crippen molar-refractivity contribution in [3.63, 3.8) is 0 Å². The Hall–Kier alpha value is -0.610. The van der Waals surface area contributed by atoms with Gasteiger partial charge in [0, 0.05) is 25.0 Å². The van der Waals surface area contributed by atoms with Gasteiger partial charge in [0.15, 0.2) is 0 Å². The van der Waals surface area contributed by atoms with Crippen molar-refractivity contribution in [1.29, 1.82) is 0 Å². The van der Waals surface area contributed by atoms with Crippen LogP contribution in [0.3, 0.4) is 0 Å². The molecule has 1 atom stereocenters. The van der Waals surface area contributed by atoms with Crippen molar-refractivity contribution in [1.82, 2.24) is 15.1 Å². The van der Waals surface area contributed by atoms with Crippen molar-refractivity contribution in [3.05, 3.63) is 0 Å². The largest absolute Gasteiger partial charge is 0.352 e. The minimum Gasteiger partial charge on any atom is -0.352 e. The van der Waals surface area contributed by atoms with E-state index >= 15 is 0 Å². The summed E-state index contributed by atoms with van der Waals surface area (Å²) < 4.78 is 0. The number of likely N-dealkylation sites (tertiary alicyclic amines) is 1. The first kappa shape index (κ1) is 16.4. The molecule has 1 saturated heterocycles. The van der Waals surface area contributed by atoms with E-state index in [9.17, 15) is 4.79 Å². The van der Waals surface area contributed by atoms with Crippen LogP contribution in [0, 0.1) is 5.92 Å². The maximum absolute atomic E-state index is 11.6. The maximum Gasteiger partial charge on any atom is 0.219 e. The number of hydrogen-bond acceptors (Lipinski definition) is 3. The second kappa shape index (κ2) is 7.85. The topological polar surface area (TPSA) is 35.6 Å². The monoisotopic (exact) mass is 269 g/mol. The summed E-state index contributed by atoms with van der Waals surface area (Å²) in [5.74, 6) is 0.656. The molecule has 0 spiro atoms. The van der Waals surface area contributed by atoms with Crippen LogP contribution >= 0.6 is 0 Å². The molecule has 1 rings (SSSR count). The highest BCUT2D eigenvalue weighted by Gasteiger charge is 2.24. The number of piperidine rings is 1. The van der Waals surface area contributed by atoms with Crippen LogP contribution in [0.4, 0.5) is 0 Å². The zero-order valence-electron chi connectivity index (χ0n) is 13.3. The van der Waals surface area contributed by atoms with E-state index in [2.05, 4.69) is 43.1 Å². The van der Waals surface area contributed by atoms with E-state index in [1.165, 1.54) is 12.8 Å². The summed E-state index contributed by atoms with van der Waals surface area (Å²) >= 11 is 0. The third-order valence-electron chi connectivity index (χ3n) is 4.21. The van der Waals surface area contributed by atoms with E-state index in [-0.39, 0.29) is 11.9 Å². The van der Waals surface area contributed by atoms with Crippen LogP contribution in [0.25, 0.3) is 0 Å². The molecule has 1 N–H and O–H groups in total. The number of nitrogens with one attached hydrogen (secondary N) is 1. The molecule has 112 valence electrons. The summed E-state index contributed by atoms with van der Waals surface area (Å²) in [5.41, 5.74) is 0. The lowest BCUT2D eigenvalue weighted by Gasteiger charge is -2.37. The van der Waals surface area contributed by atoms with Crippen molar-refractivity contribution in [2.24, 2.45) is 5.92 Å². The highest BCUT2D eigenvalue weighted by molar-refractivity contribution is 5.75. The second-order valence-electron chi connectivity index (χ2n) is 6.27. The van der Waals surface area contributed by atoms with E-state index in [0.29, 0.717) is 12.3 Å². The van der Waals surface area contributed by atoms with Crippen LogP contribution < -0.4 is 5.32 Å².